The minimum atomic E-state index is -0.746. The second-order valence-corrected chi connectivity index (χ2v) is 8.06. The summed E-state index contributed by atoms with van der Waals surface area (Å²) >= 11 is 0. The SMILES string of the molecule is CCCNC(CS(=O)CC)c1ccc(C(C)(C)C)cc1. The molecule has 2 unspecified atom stereocenters. The molecule has 1 rings (SSSR count). The lowest BCUT2D eigenvalue weighted by Crippen LogP contribution is -2.27. The van der Waals surface area contributed by atoms with Crippen molar-refractivity contribution >= 4 is 10.8 Å². The van der Waals surface area contributed by atoms with E-state index in [2.05, 4.69) is 57.3 Å². The smallest absolute Gasteiger partial charge is 0.0436 e. The molecule has 114 valence electrons. The first-order chi connectivity index (χ1) is 9.38. The van der Waals surface area contributed by atoms with Gasteiger partial charge in [-0.2, -0.15) is 0 Å². The van der Waals surface area contributed by atoms with Gasteiger partial charge >= 0.3 is 0 Å². The molecule has 3 heteroatoms. The van der Waals surface area contributed by atoms with E-state index in [1.165, 1.54) is 11.1 Å². The highest BCUT2D eigenvalue weighted by atomic mass is 32.2. The van der Waals surface area contributed by atoms with Gasteiger partial charge in [0.05, 0.1) is 0 Å². The highest BCUT2D eigenvalue weighted by molar-refractivity contribution is 7.84. The molecule has 0 aliphatic heterocycles. The van der Waals surface area contributed by atoms with E-state index in [0.29, 0.717) is 5.75 Å². The van der Waals surface area contributed by atoms with Crippen molar-refractivity contribution in [1.29, 1.82) is 0 Å². The average Bonchev–Trinajstić information content (AvgIpc) is 2.42. The Balaban J connectivity index is 2.87. The minimum Gasteiger partial charge on any atom is -0.309 e. The average molecular weight is 295 g/mol. The van der Waals surface area contributed by atoms with Gasteiger partial charge in [-0.15, -0.1) is 0 Å². The molecule has 2 nitrogen and oxygen atoms in total. The quantitative estimate of drug-likeness (QED) is 0.829. The van der Waals surface area contributed by atoms with E-state index in [9.17, 15) is 4.21 Å². The van der Waals surface area contributed by atoms with Crippen molar-refractivity contribution in [1.82, 2.24) is 5.32 Å². The molecular formula is C17H29NOS. The van der Waals surface area contributed by atoms with Crippen LogP contribution in [0.2, 0.25) is 0 Å². The standard InChI is InChI=1S/C17H29NOS/c1-6-12-18-16(13-20(19)7-2)14-8-10-15(11-9-14)17(3,4)5/h8-11,16,18H,6-7,12-13H2,1-5H3. The number of rotatable bonds is 7. The summed E-state index contributed by atoms with van der Waals surface area (Å²) in [5, 5.41) is 3.52. The summed E-state index contributed by atoms with van der Waals surface area (Å²) in [5.74, 6) is 1.43. The summed E-state index contributed by atoms with van der Waals surface area (Å²) < 4.78 is 11.9. The Morgan fingerprint density at radius 1 is 1.15 bits per heavy atom. The predicted octanol–water partition coefficient (Wildman–Crippen LogP) is 3.79. The zero-order chi connectivity index (χ0) is 15.2. The highest BCUT2D eigenvalue weighted by Crippen LogP contribution is 2.24. The van der Waals surface area contributed by atoms with Crippen LogP contribution >= 0.6 is 0 Å². The molecule has 0 spiro atoms. The molecule has 0 saturated carbocycles. The van der Waals surface area contributed by atoms with Crippen LogP contribution in [0.4, 0.5) is 0 Å². The molecule has 0 heterocycles. The van der Waals surface area contributed by atoms with Gasteiger partial charge in [0.2, 0.25) is 0 Å². The minimum absolute atomic E-state index is 0.178. The lowest BCUT2D eigenvalue weighted by Gasteiger charge is -2.22. The van der Waals surface area contributed by atoms with Gasteiger partial charge in [0.1, 0.15) is 0 Å². The van der Waals surface area contributed by atoms with Crippen molar-refractivity contribution in [2.24, 2.45) is 0 Å². The first kappa shape index (κ1) is 17.4. The van der Waals surface area contributed by atoms with Crippen molar-refractivity contribution in [2.75, 3.05) is 18.1 Å². The van der Waals surface area contributed by atoms with Crippen molar-refractivity contribution in [3.05, 3.63) is 35.4 Å². The summed E-state index contributed by atoms with van der Waals surface area (Å²) in [6.45, 7) is 11.8. The van der Waals surface area contributed by atoms with Gasteiger partial charge in [-0.05, 0) is 29.5 Å². The van der Waals surface area contributed by atoms with Crippen molar-refractivity contribution < 1.29 is 4.21 Å². The summed E-state index contributed by atoms with van der Waals surface area (Å²) in [5.41, 5.74) is 2.76. The first-order valence-electron chi connectivity index (χ1n) is 7.57. The molecule has 0 bridgehead atoms. The molecule has 0 aromatic heterocycles. The number of hydrogen-bond acceptors (Lipinski definition) is 2. The second kappa shape index (κ2) is 7.94. The van der Waals surface area contributed by atoms with Gasteiger partial charge in [-0.25, -0.2) is 0 Å². The maximum absolute atomic E-state index is 11.9. The number of benzene rings is 1. The Morgan fingerprint density at radius 2 is 1.75 bits per heavy atom. The van der Waals surface area contributed by atoms with E-state index in [4.69, 9.17) is 0 Å². The second-order valence-electron chi connectivity index (χ2n) is 6.27. The zero-order valence-electron chi connectivity index (χ0n) is 13.5. The van der Waals surface area contributed by atoms with Crippen LogP contribution < -0.4 is 5.32 Å². The highest BCUT2D eigenvalue weighted by Gasteiger charge is 2.16. The fourth-order valence-electron chi connectivity index (χ4n) is 2.11. The maximum atomic E-state index is 11.9. The Labute approximate surface area is 126 Å². The van der Waals surface area contributed by atoms with Gasteiger partial charge in [0.25, 0.3) is 0 Å². The van der Waals surface area contributed by atoms with E-state index >= 15 is 0 Å². The molecular weight excluding hydrogens is 266 g/mol. The van der Waals surface area contributed by atoms with E-state index in [0.717, 1.165) is 18.7 Å². The Hall–Kier alpha value is -0.670. The van der Waals surface area contributed by atoms with Crippen LogP contribution in [0.1, 0.15) is 58.2 Å². The predicted molar refractivity (Wildman–Crippen MR) is 89.7 cm³/mol. The molecule has 2 atom stereocenters. The third-order valence-corrected chi connectivity index (χ3v) is 4.84. The van der Waals surface area contributed by atoms with Crippen LogP contribution in [-0.4, -0.2) is 22.3 Å². The Bertz CT molecular complexity index is 420. The maximum Gasteiger partial charge on any atom is 0.0436 e. The molecule has 0 aliphatic rings. The third-order valence-electron chi connectivity index (χ3n) is 3.49. The van der Waals surface area contributed by atoms with Gasteiger partial charge in [0, 0.05) is 28.3 Å². The fraction of sp³-hybridized carbons (Fsp3) is 0.647. The van der Waals surface area contributed by atoms with Crippen molar-refractivity contribution in [3.8, 4) is 0 Å². The normalized spacial score (nSPS) is 15.1. The summed E-state index contributed by atoms with van der Waals surface area (Å²) in [4.78, 5) is 0. The van der Waals surface area contributed by atoms with E-state index in [1.54, 1.807) is 0 Å². The Morgan fingerprint density at radius 3 is 2.20 bits per heavy atom. The third kappa shape index (κ3) is 5.37. The molecule has 0 saturated heterocycles. The topological polar surface area (TPSA) is 29.1 Å². The molecule has 0 fully saturated rings. The Kier molecular flexibility index (Phi) is 6.90. The number of nitrogens with one attached hydrogen (secondary N) is 1. The summed E-state index contributed by atoms with van der Waals surface area (Å²) in [6, 6.07) is 8.96. The van der Waals surface area contributed by atoms with Gasteiger partial charge in [-0.3, -0.25) is 4.21 Å². The lowest BCUT2D eigenvalue weighted by molar-refractivity contribution is 0.566. The fourth-order valence-corrected chi connectivity index (χ4v) is 3.03. The summed E-state index contributed by atoms with van der Waals surface area (Å²) in [6.07, 6.45) is 1.09. The molecule has 0 radical (unpaired) electrons. The molecule has 1 aromatic carbocycles. The van der Waals surface area contributed by atoms with Gasteiger partial charge in [0.15, 0.2) is 0 Å². The molecule has 0 amide bonds. The van der Waals surface area contributed by atoms with Crippen LogP contribution in [0, 0.1) is 0 Å². The summed E-state index contributed by atoms with van der Waals surface area (Å²) in [7, 11) is -0.746. The van der Waals surface area contributed by atoms with Crippen LogP contribution in [0.15, 0.2) is 24.3 Å². The zero-order valence-corrected chi connectivity index (χ0v) is 14.3. The van der Waals surface area contributed by atoms with Gasteiger partial charge in [-0.1, -0.05) is 58.9 Å². The van der Waals surface area contributed by atoms with Crippen molar-refractivity contribution in [2.45, 2.75) is 52.5 Å². The molecule has 0 aliphatic carbocycles. The van der Waals surface area contributed by atoms with E-state index in [-0.39, 0.29) is 11.5 Å². The number of hydrogen-bond donors (Lipinski definition) is 1. The van der Waals surface area contributed by atoms with Crippen LogP contribution in [0.3, 0.4) is 0 Å². The van der Waals surface area contributed by atoms with E-state index < -0.39 is 10.8 Å². The van der Waals surface area contributed by atoms with Crippen LogP contribution in [0.5, 0.6) is 0 Å². The lowest BCUT2D eigenvalue weighted by atomic mass is 9.86. The van der Waals surface area contributed by atoms with Crippen LogP contribution in [-0.2, 0) is 16.2 Å². The van der Waals surface area contributed by atoms with Gasteiger partial charge < -0.3 is 5.32 Å². The molecule has 20 heavy (non-hydrogen) atoms. The van der Waals surface area contributed by atoms with Crippen LogP contribution in [0.25, 0.3) is 0 Å². The molecule has 1 aromatic rings. The first-order valence-corrected chi connectivity index (χ1v) is 9.06. The molecule has 1 N–H and O–H groups in total. The van der Waals surface area contributed by atoms with E-state index in [1.807, 2.05) is 6.92 Å². The largest absolute Gasteiger partial charge is 0.309 e. The van der Waals surface area contributed by atoms with Crippen molar-refractivity contribution in [3.63, 3.8) is 0 Å². The monoisotopic (exact) mass is 295 g/mol.